The van der Waals surface area contributed by atoms with E-state index in [2.05, 4.69) is 23.7 Å². The van der Waals surface area contributed by atoms with Crippen LogP contribution in [0.15, 0.2) is 36.4 Å². The Morgan fingerprint density at radius 2 is 1.42 bits per heavy atom. The first-order chi connectivity index (χ1) is 12.4. The second kappa shape index (κ2) is 7.42. The molecule has 0 saturated heterocycles. The number of hydrogen-bond acceptors (Lipinski definition) is 3. The number of ketones is 2. The van der Waals surface area contributed by atoms with Gasteiger partial charge in [0.05, 0.1) is 0 Å². The van der Waals surface area contributed by atoms with Gasteiger partial charge in [-0.15, -0.1) is 0 Å². The summed E-state index contributed by atoms with van der Waals surface area (Å²) in [7, 11) is 0. The van der Waals surface area contributed by atoms with Crippen LogP contribution >= 0.6 is 0 Å². The smallest absolute Gasteiger partial charge is 0.159 e. The van der Waals surface area contributed by atoms with E-state index in [4.69, 9.17) is 0 Å². The molecule has 136 valence electrons. The van der Waals surface area contributed by atoms with Crippen LogP contribution < -0.4 is 5.32 Å². The summed E-state index contributed by atoms with van der Waals surface area (Å²) in [6, 6.07) is 12.2. The van der Waals surface area contributed by atoms with Gasteiger partial charge in [-0.3, -0.25) is 9.59 Å². The van der Waals surface area contributed by atoms with Gasteiger partial charge in [-0.05, 0) is 63.2 Å². The maximum Gasteiger partial charge on any atom is 0.159 e. The number of carbonyl (C=O) groups is 2. The topological polar surface area (TPSA) is 51.1 Å². The summed E-state index contributed by atoms with van der Waals surface area (Å²) < 4.78 is 2.29. The second-order valence-electron chi connectivity index (χ2n) is 7.19. The number of aryl methyl sites for hydroxylation is 1. The number of nitrogens with one attached hydrogen (secondary N) is 1. The molecule has 26 heavy (non-hydrogen) atoms. The molecule has 2 aromatic carbocycles. The first-order valence-corrected chi connectivity index (χ1v) is 9.19. The third-order valence-electron chi connectivity index (χ3n) is 4.79. The Kier molecular flexibility index (Phi) is 5.23. The van der Waals surface area contributed by atoms with Crippen molar-refractivity contribution in [2.24, 2.45) is 0 Å². The van der Waals surface area contributed by atoms with Crippen molar-refractivity contribution in [3.63, 3.8) is 0 Å². The molecule has 1 N–H and O–H groups in total. The molecule has 4 nitrogen and oxygen atoms in total. The molecule has 0 bridgehead atoms. The number of rotatable bonds is 7. The first-order valence-electron chi connectivity index (χ1n) is 9.19. The Bertz CT molecular complexity index is 911. The number of Topliss-reactive ketones (excluding diaryl/α,β-unsaturated/α-hetero) is 2. The summed E-state index contributed by atoms with van der Waals surface area (Å²) in [4.78, 5) is 23.6. The van der Waals surface area contributed by atoms with Gasteiger partial charge in [0.25, 0.3) is 0 Å². The number of benzene rings is 2. The van der Waals surface area contributed by atoms with E-state index in [0.29, 0.717) is 17.2 Å². The van der Waals surface area contributed by atoms with Crippen LogP contribution in [0.4, 0.5) is 0 Å². The van der Waals surface area contributed by atoms with Crippen LogP contribution in [0.3, 0.4) is 0 Å². The van der Waals surface area contributed by atoms with Crippen LogP contribution in [0.2, 0.25) is 0 Å². The molecule has 0 aliphatic carbocycles. The van der Waals surface area contributed by atoms with E-state index in [0.717, 1.165) is 41.3 Å². The molecule has 0 amide bonds. The third kappa shape index (κ3) is 3.56. The van der Waals surface area contributed by atoms with Crippen molar-refractivity contribution in [3.05, 3.63) is 47.5 Å². The number of fused-ring (bicyclic) bond motifs is 3. The molecule has 3 rings (SSSR count). The first kappa shape index (κ1) is 18.3. The number of hydrogen-bond donors (Lipinski definition) is 1. The van der Waals surface area contributed by atoms with Crippen molar-refractivity contribution in [2.75, 3.05) is 6.54 Å². The minimum absolute atomic E-state index is 0.0525. The monoisotopic (exact) mass is 350 g/mol. The molecule has 0 unspecified atom stereocenters. The lowest BCUT2D eigenvalue weighted by Crippen LogP contribution is -2.24. The maximum atomic E-state index is 11.8. The lowest BCUT2D eigenvalue weighted by atomic mass is 10.0. The fourth-order valence-electron chi connectivity index (χ4n) is 3.41. The van der Waals surface area contributed by atoms with E-state index in [1.165, 1.54) is 0 Å². The summed E-state index contributed by atoms with van der Waals surface area (Å²) in [5, 5.41) is 5.52. The number of nitrogens with zero attached hydrogens (tertiary/aromatic N) is 1. The molecule has 0 spiro atoms. The van der Waals surface area contributed by atoms with Crippen molar-refractivity contribution in [1.29, 1.82) is 0 Å². The molecule has 0 fully saturated rings. The zero-order valence-corrected chi connectivity index (χ0v) is 15.9. The zero-order chi connectivity index (χ0) is 18.8. The van der Waals surface area contributed by atoms with E-state index in [1.54, 1.807) is 13.8 Å². The molecule has 4 heteroatoms. The molecular weight excluding hydrogens is 324 g/mol. The third-order valence-corrected chi connectivity index (χ3v) is 4.79. The Morgan fingerprint density at radius 1 is 0.923 bits per heavy atom. The van der Waals surface area contributed by atoms with Crippen LogP contribution in [0.1, 0.15) is 54.8 Å². The second-order valence-corrected chi connectivity index (χ2v) is 7.19. The highest BCUT2D eigenvalue weighted by atomic mass is 16.1. The van der Waals surface area contributed by atoms with E-state index in [-0.39, 0.29) is 11.6 Å². The number of carbonyl (C=O) groups excluding carboxylic acids is 2. The Morgan fingerprint density at radius 3 is 1.85 bits per heavy atom. The molecular formula is C22H26N2O2. The van der Waals surface area contributed by atoms with Crippen molar-refractivity contribution < 1.29 is 9.59 Å². The lowest BCUT2D eigenvalue weighted by molar-refractivity contribution is 0.100. The fraction of sp³-hybridized carbons (Fsp3) is 0.364. The Hall–Kier alpha value is -2.46. The summed E-state index contributed by atoms with van der Waals surface area (Å²) in [6.45, 7) is 9.30. The van der Waals surface area contributed by atoms with E-state index >= 15 is 0 Å². The minimum atomic E-state index is 0.0525. The predicted molar refractivity (Wildman–Crippen MR) is 107 cm³/mol. The van der Waals surface area contributed by atoms with Crippen molar-refractivity contribution in [1.82, 2.24) is 9.88 Å². The standard InChI is InChI=1S/C22H26N2O2/c1-14(2)23-10-5-11-24-21-8-6-17(15(3)25)12-19(21)20-13-18(16(4)26)7-9-22(20)24/h6-9,12-14,23H,5,10-11H2,1-4H3. The van der Waals surface area contributed by atoms with E-state index in [1.807, 2.05) is 36.4 Å². The Labute approximate surface area is 154 Å². The van der Waals surface area contributed by atoms with Crippen LogP contribution in [0, 0.1) is 0 Å². The van der Waals surface area contributed by atoms with Crippen molar-refractivity contribution >= 4 is 33.4 Å². The fourth-order valence-corrected chi connectivity index (χ4v) is 3.41. The summed E-state index contributed by atoms with van der Waals surface area (Å²) in [6.07, 6.45) is 1.01. The average molecular weight is 350 g/mol. The summed E-state index contributed by atoms with van der Waals surface area (Å²) in [5.74, 6) is 0.105. The highest BCUT2D eigenvalue weighted by Gasteiger charge is 2.14. The van der Waals surface area contributed by atoms with Gasteiger partial charge in [0.15, 0.2) is 11.6 Å². The van der Waals surface area contributed by atoms with Gasteiger partial charge < -0.3 is 9.88 Å². The summed E-state index contributed by atoms with van der Waals surface area (Å²) in [5.41, 5.74) is 3.61. The molecule has 0 radical (unpaired) electrons. The largest absolute Gasteiger partial charge is 0.340 e. The quantitative estimate of drug-likeness (QED) is 0.501. The van der Waals surface area contributed by atoms with Gasteiger partial charge in [-0.2, -0.15) is 0 Å². The molecule has 0 aliphatic heterocycles. The molecule has 3 aromatic rings. The van der Waals surface area contributed by atoms with Crippen LogP contribution in [0.5, 0.6) is 0 Å². The van der Waals surface area contributed by atoms with E-state index < -0.39 is 0 Å². The van der Waals surface area contributed by atoms with Gasteiger partial charge in [0.1, 0.15) is 0 Å². The number of aromatic nitrogens is 1. The molecule has 0 saturated carbocycles. The summed E-state index contributed by atoms with van der Waals surface area (Å²) >= 11 is 0. The molecule has 1 aromatic heterocycles. The van der Waals surface area contributed by atoms with Gasteiger partial charge in [-0.25, -0.2) is 0 Å². The maximum absolute atomic E-state index is 11.8. The van der Waals surface area contributed by atoms with Gasteiger partial charge in [0.2, 0.25) is 0 Å². The molecule has 0 atom stereocenters. The van der Waals surface area contributed by atoms with Crippen LogP contribution in [-0.2, 0) is 6.54 Å². The normalized spacial score (nSPS) is 11.6. The van der Waals surface area contributed by atoms with Crippen LogP contribution in [-0.4, -0.2) is 28.7 Å². The highest BCUT2D eigenvalue weighted by Crippen LogP contribution is 2.31. The van der Waals surface area contributed by atoms with Gasteiger partial charge in [0, 0.05) is 45.5 Å². The van der Waals surface area contributed by atoms with Crippen molar-refractivity contribution in [2.45, 2.75) is 46.7 Å². The Balaban J connectivity index is 2.11. The molecule has 0 aliphatic rings. The highest BCUT2D eigenvalue weighted by molar-refractivity contribution is 6.12. The average Bonchev–Trinajstić information content (AvgIpc) is 2.91. The minimum Gasteiger partial charge on any atom is -0.340 e. The lowest BCUT2D eigenvalue weighted by Gasteiger charge is -2.10. The zero-order valence-electron chi connectivity index (χ0n) is 15.9. The van der Waals surface area contributed by atoms with Crippen molar-refractivity contribution in [3.8, 4) is 0 Å². The van der Waals surface area contributed by atoms with E-state index in [9.17, 15) is 9.59 Å². The SMILES string of the molecule is CC(=O)c1ccc2c(c1)c1cc(C(C)=O)ccc1n2CCCNC(C)C. The van der Waals surface area contributed by atoms with Gasteiger partial charge in [-0.1, -0.05) is 13.8 Å². The van der Waals surface area contributed by atoms with Crippen LogP contribution in [0.25, 0.3) is 21.8 Å². The molecule has 1 heterocycles. The predicted octanol–water partition coefficient (Wildman–Crippen LogP) is 4.59. The van der Waals surface area contributed by atoms with Gasteiger partial charge >= 0.3 is 0 Å².